The van der Waals surface area contributed by atoms with Crippen LogP contribution in [0.2, 0.25) is 5.02 Å². The first-order valence-corrected chi connectivity index (χ1v) is 8.27. The maximum Gasteiger partial charge on any atom is 0.227 e. The molecule has 5 heteroatoms. The summed E-state index contributed by atoms with van der Waals surface area (Å²) < 4.78 is 0. The van der Waals surface area contributed by atoms with E-state index in [9.17, 15) is 4.79 Å². The Morgan fingerprint density at radius 2 is 1.81 bits per heavy atom. The predicted octanol–water partition coefficient (Wildman–Crippen LogP) is 4.27. The Labute approximate surface area is 136 Å². The predicted molar refractivity (Wildman–Crippen MR) is 91.8 cm³/mol. The lowest BCUT2D eigenvalue weighted by Crippen LogP contribution is -2.25. The van der Waals surface area contributed by atoms with Gasteiger partial charge in [-0.25, -0.2) is 0 Å². The van der Waals surface area contributed by atoms with Crippen LogP contribution in [0.1, 0.15) is 50.5 Å². The largest absolute Gasteiger partial charge is 0.389 e. The molecule has 2 rings (SSSR count). The molecule has 0 aliphatic heterocycles. The molecule has 0 spiro atoms. The van der Waals surface area contributed by atoms with Crippen molar-refractivity contribution in [2.45, 2.75) is 44.9 Å². The molecule has 3 N–H and O–H groups in total. The Kier molecular flexibility index (Phi) is 6.00. The van der Waals surface area contributed by atoms with Gasteiger partial charge in [0.25, 0.3) is 0 Å². The topological polar surface area (TPSA) is 55.1 Å². The van der Waals surface area contributed by atoms with E-state index in [4.69, 9.17) is 29.6 Å². The van der Waals surface area contributed by atoms with Gasteiger partial charge in [-0.2, -0.15) is 0 Å². The van der Waals surface area contributed by atoms with E-state index in [-0.39, 0.29) is 16.8 Å². The normalized spacial score (nSPS) is 16.8. The molecular weight excluding hydrogens is 304 g/mol. The van der Waals surface area contributed by atoms with Crippen molar-refractivity contribution in [2.24, 2.45) is 11.7 Å². The molecule has 0 bridgehead atoms. The summed E-state index contributed by atoms with van der Waals surface area (Å²) in [5, 5.41) is 3.52. The van der Waals surface area contributed by atoms with Crippen LogP contribution < -0.4 is 11.1 Å². The lowest BCUT2D eigenvalue weighted by Gasteiger charge is -2.20. The zero-order valence-corrected chi connectivity index (χ0v) is 13.6. The van der Waals surface area contributed by atoms with Gasteiger partial charge in [0.15, 0.2) is 0 Å². The summed E-state index contributed by atoms with van der Waals surface area (Å²) in [6, 6.07) is 5.18. The molecule has 114 valence electrons. The van der Waals surface area contributed by atoms with Crippen molar-refractivity contribution in [2.75, 3.05) is 5.32 Å². The summed E-state index contributed by atoms with van der Waals surface area (Å²) in [4.78, 5) is 12.7. The van der Waals surface area contributed by atoms with Crippen LogP contribution in [-0.4, -0.2) is 10.9 Å². The second-order valence-electron chi connectivity index (χ2n) is 5.59. The SMILES string of the molecule is NC(=S)c1ccc(Cl)cc1NC(=O)C1CCCCCCC1. The van der Waals surface area contributed by atoms with E-state index in [2.05, 4.69) is 5.32 Å². The van der Waals surface area contributed by atoms with E-state index in [1.165, 1.54) is 19.3 Å². The number of hydrogen-bond acceptors (Lipinski definition) is 2. The third kappa shape index (κ3) is 4.68. The average Bonchev–Trinajstić information content (AvgIpc) is 2.37. The summed E-state index contributed by atoms with van der Waals surface area (Å²) in [5.74, 6) is 0.125. The van der Waals surface area contributed by atoms with Crippen LogP contribution in [0.5, 0.6) is 0 Å². The number of halogens is 1. The van der Waals surface area contributed by atoms with E-state index in [0.29, 0.717) is 16.3 Å². The van der Waals surface area contributed by atoms with Crippen molar-refractivity contribution in [1.82, 2.24) is 0 Å². The molecule has 0 saturated heterocycles. The number of hydrogen-bond donors (Lipinski definition) is 2. The average molecular weight is 325 g/mol. The number of nitrogens with one attached hydrogen (secondary N) is 1. The van der Waals surface area contributed by atoms with Crippen LogP contribution in [0, 0.1) is 5.92 Å². The highest BCUT2D eigenvalue weighted by Crippen LogP contribution is 2.26. The van der Waals surface area contributed by atoms with E-state index >= 15 is 0 Å². The molecule has 1 saturated carbocycles. The van der Waals surface area contributed by atoms with Gasteiger partial charge >= 0.3 is 0 Å². The van der Waals surface area contributed by atoms with Gasteiger partial charge in [0, 0.05) is 16.5 Å². The minimum Gasteiger partial charge on any atom is -0.389 e. The van der Waals surface area contributed by atoms with Gasteiger partial charge in [-0.05, 0) is 31.0 Å². The van der Waals surface area contributed by atoms with Gasteiger partial charge in [0.1, 0.15) is 4.99 Å². The summed E-state index contributed by atoms with van der Waals surface area (Å²) in [7, 11) is 0. The summed E-state index contributed by atoms with van der Waals surface area (Å²) in [6.07, 6.45) is 7.88. The smallest absolute Gasteiger partial charge is 0.227 e. The van der Waals surface area contributed by atoms with Gasteiger partial charge in [0.2, 0.25) is 5.91 Å². The first kappa shape index (κ1) is 16.2. The monoisotopic (exact) mass is 324 g/mol. The first-order valence-electron chi connectivity index (χ1n) is 7.48. The molecule has 1 aromatic carbocycles. The highest BCUT2D eigenvalue weighted by Gasteiger charge is 2.20. The molecule has 3 nitrogen and oxygen atoms in total. The van der Waals surface area contributed by atoms with Gasteiger partial charge in [-0.3, -0.25) is 4.79 Å². The molecule has 0 radical (unpaired) electrons. The number of benzene rings is 1. The van der Waals surface area contributed by atoms with E-state index in [0.717, 1.165) is 25.7 Å². The quantitative estimate of drug-likeness (QED) is 0.816. The fraction of sp³-hybridized carbons (Fsp3) is 0.500. The number of thiocarbonyl (C=S) groups is 1. The zero-order chi connectivity index (χ0) is 15.2. The number of amides is 1. The van der Waals surface area contributed by atoms with Crippen molar-refractivity contribution < 1.29 is 4.79 Å². The fourth-order valence-electron chi connectivity index (χ4n) is 2.79. The van der Waals surface area contributed by atoms with Crippen molar-refractivity contribution in [1.29, 1.82) is 0 Å². The van der Waals surface area contributed by atoms with Crippen molar-refractivity contribution in [3.63, 3.8) is 0 Å². The molecule has 1 aliphatic carbocycles. The number of nitrogens with two attached hydrogens (primary N) is 1. The lowest BCUT2D eigenvalue weighted by molar-refractivity contribution is -0.120. The molecule has 1 aliphatic rings. The third-order valence-corrected chi connectivity index (χ3v) is 4.44. The Balaban J connectivity index is 2.10. The Hall–Kier alpha value is -1.13. The minimum absolute atomic E-state index is 0.0525. The van der Waals surface area contributed by atoms with Crippen molar-refractivity contribution >= 4 is 40.4 Å². The first-order chi connectivity index (χ1) is 10.1. The fourth-order valence-corrected chi connectivity index (χ4v) is 3.14. The Morgan fingerprint density at radius 3 is 2.43 bits per heavy atom. The van der Waals surface area contributed by atoms with Crippen LogP contribution in [0.15, 0.2) is 18.2 Å². The van der Waals surface area contributed by atoms with Crippen molar-refractivity contribution in [3.8, 4) is 0 Å². The van der Waals surface area contributed by atoms with E-state index in [1.54, 1.807) is 18.2 Å². The Bertz CT molecular complexity index is 525. The van der Waals surface area contributed by atoms with Crippen molar-refractivity contribution in [3.05, 3.63) is 28.8 Å². The van der Waals surface area contributed by atoms with Crippen LogP contribution in [0.4, 0.5) is 5.69 Å². The maximum atomic E-state index is 12.5. The molecule has 1 fully saturated rings. The van der Waals surface area contributed by atoms with Gasteiger partial charge in [0.05, 0.1) is 5.69 Å². The van der Waals surface area contributed by atoms with Gasteiger partial charge in [-0.15, -0.1) is 0 Å². The molecular formula is C16H21ClN2OS. The maximum absolute atomic E-state index is 12.5. The molecule has 0 aromatic heterocycles. The van der Waals surface area contributed by atoms with Gasteiger partial charge < -0.3 is 11.1 Å². The number of carbonyl (C=O) groups is 1. The lowest BCUT2D eigenvalue weighted by atomic mass is 9.90. The third-order valence-electron chi connectivity index (χ3n) is 3.98. The second-order valence-corrected chi connectivity index (χ2v) is 6.46. The molecule has 0 heterocycles. The highest BCUT2D eigenvalue weighted by molar-refractivity contribution is 7.80. The Morgan fingerprint density at radius 1 is 1.19 bits per heavy atom. The minimum atomic E-state index is 0.0525. The number of rotatable bonds is 3. The number of anilines is 1. The second kappa shape index (κ2) is 7.76. The molecule has 0 unspecified atom stereocenters. The zero-order valence-electron chi connectivity index (χ0n) is 12.0. The molecule has 1 amide bonds. The summed E-state index contributed by atoms with van der Waals surface area (Å²) >= 11 is 11.0. The van der Waals surface area contributed by atoms with Gasteiger partial charge in [-0.1, -0.05) is 55.9 Å². The van der Waals surface area contributed by atoms with Crippen LogP contribution in [0.3, 0.4) is 0 Å². The van der Waals surface area contributed by atoms with Crippen LogP contribution >= 0.6 is 23.8 Å². The highest BCUT2D eigenvalue weighted by atomic mass is 35.5. The number of carbonyl (C=O) groups excluding carboxylic acids is 1. The van der Waals surface area contributed by atoms with E-state index in [1.807, 2.05) is 0 Å². The summed E-state index contributed by atoms with van der Waals surface area (Å²) in [6.45, 7) is 0. The molecule has 21 heavy (non-hydrogen) atoms. The van der Waals surface area contributed by atoms with Crippen LogP contribution in [0.25, 0.3) is 0 Å². The molecule has 0 atom stereocenters. The summed E-state index contributed by atoms with van der Waals surface area (Å²) in [5.41, 5.74) is 6.98. The van der Waals surface area contributed by atoms with Crippen LogP contribution in [-0.2, 0) is 4.79 Å². The standard InChI is InChI=1S/C16H21ClN2OS/c17-12-8-9-13(15(18)21)14(10-12)19-16(20)11-6-4-2-1-3-5-7-11/h8-11H,1-7H2,(H2,18,21)(H,19,20). The van der Waals surface area contributed by atoms with E-state index < -0.39 is 0 Å². The molecule has 1 aromatic rings.